The molecule has 1 rings (SSSR count). The summed E-state index contributed by atoms with van der Waals surface area (Å²) in [6.07, 6.45) is 1.62. The Balaban J connectivity index is 2.42. The molecule has 0 aliphatic rings. The van der Waals surface area contributed by atoms with Gasteiger partial charge in [0.1, 0.15) is 11.6 Å². The van der Waals surface area contributed by atoms with Crippen molar-refractivity contribution in [1.29, 1.82) is 0 Å². The van der Waals surface area contributed by atoms with E-state index in [2.05, 4.69) is 5.32 Å². The molecule has 0 aliphatic carbocycles. The van der Waals surface area contributed by atoms with E-state index in [4.69, 9.17) is 9.84 Å². The number of halogens is 1. The second-order valence-electron chi connectivity index (χ2n) is 3.62. The van der Waals surface area contributed by atoms with E-state index in [0.717, 1.165) is 18.9 Å². The largest absolute Gasteiger partial charge is 0.508 e. The molecule has 0 radical (unpaired) electrons. The lowest BCUT2D eigenvalue weighted by Crippen LogP contribution is -2.25. The van der Waals surface area contributed by atoms with Crippen LogP contribution in [-0.2, 0) is 4.74 Å². The van der Waals surface area contributed by atoms with Gasteiger partial charge in [0.15, 0.2) is 0 Å². The zero-order chi connectivity index (χ0) is 12.7. The van der Waals surface area contributed by atoms with Gasteiger partial charge in [-0.05, 0) is 25.0 Å². The fourth-order valence-electron chi connectivity index (χ4n) is 1.36. The normalized spacial score (nSPS) is 10.2. The van der Waals surface area contributed by atoms with Crippen LogP contribution in [0.3, 0.4) is 0 Å². The number of amides is 1. The molecule has 17 heavy (non-hydrogen) atoms. The van der Waals surface area contributed by atoms with Crippen LogP contribution in [0.15, 0.2) is 18.2 Å². The Kier molecular flexibility index (Phi) is 5.42. The van der Waals surface area contributed by atoms with Crippen LogP contribution >= 0.6 is 0 Å². The number of nitrogens with one attached hydrogen (secondary N) is 1. The molecule has 0 saturated heterocycles. The SMILES string of the molecule is COCCCCNC(=O)c1ccc(O)cc1F. The minimum Gasteiger partial charge on any atom is -0.508 e. The maximum absolute atomic E-state index is 13.3. The number of carbonyl (C=O) groups excluding carboxylic acids is 1. The molecule has 0 unspecified atom stereocenters. The van der Waals surface area contributed by atoms with E-state index in [1.165, 1.54) is 12.1 Å². The van der Waals surface area contributed by atoms with Gasteiger partial charge in [0.25, 0.3) is 5.91 Å². The summed E-state index contributed by atoms with van der Waals surface area (Å²) in [7, 11) is 1.62. The molecule has 4 nitrogen and oxygen atoms in total. The van der Waals surface area contributed by atoms with Crippen molar-refractivity contribution in [1.82, 2.24) is 5.32 Å². The zero-order valence-electron chi connectivity index (χ0n) is 9.70. The third-order valence-corrected chi connectivity index (χ3v) is 2.26. The maximum Gasteiger partial charge on any atom is 0.254 e. The van der Waals surface area contributed by atoms with E-state index in [-0.39, 0.29) is 11.3 Å². The highest BCUT2D eigenvalue weighted by molar-refractivity contribution is 5.94. The molecule has 5 heteroatoms. The third-order valence-electron chi connectivity index (χ3n) is 2.26. The highest BCUT2D eigenvalue weighted by Gasteiger charge is 2.11. The average Bonchev–Trinajstić information content (AvgIpc) is 2.28. The Bertz CT molecular complexity index is 382. The second kappa shape index (κ2) is 6.85. The van der Waals surface area contributed by atoms with Gasteiger partial charge in [0, 0.05) is 26.3 Å². The summed E-state index contributed by atoms with van der Waals surface area (Å²) >= 11 is 0. The van der Waals surface area contributed by atoms with Crippen molar-refractivity contribution in [3.63, 3.8) is 0 Å². The van der Waals surface area contributed by atoms with Crippen molar-refractivity contribution in [3.05, 3.63) is 29.6 Å². The zero-order valence-corrected chi connectivity index (χ0v) is 9.70. The van der Waals surface area contributed by atoms with E-state index in [1.54, 1.807) is 7.11 Å². The number of methoxy groups -OCH3 is 1. The third kappa shape index (κ3) is 4.40. The second-order valence-corrected chi connectivity index (χ2v) is 3.62. The molecule has 94 valence electrons. The Labute approximate surface area is 99.4 Å². The van der Waals surface area contributed by atoms with Crippen LogP contribution < -0.4 is 5.32 Å². The molecular formula is C12H16FNO3. The minimum atomic E-state index is -0.723. The van der Waals surface area contributed by atoms with Crippen molar-refractivity contribution < 1.29 is 19.0 Å². The van der Waals surface area contributed by atoms with E-state index < -0.39 is 11.7 Å². The Morgan fingerprint density at radius 1 is 1.47 bits per heavy atom. The molecule has 0 aliphatic heterocycles. The first-order valence-electron chi connectivity index (χ1n) is 5.41. The van der Waals surface area contributed by atoms with Crippen LogP contribution in [0.25, 0.3) is 0 Å². The van der Waals surface area contributed by atoms with Crippen LogP contribution in [0.1, 0.15) is 23.2 Å². The van der Waals surface area contributed by atoms with Crippen LogP contribution in [-0.4, -0.2) is 31.3 Å². The Morgan fingerprint density at radius 3 is 2.88 bits per heavy atom. The highest BCUT2D eigenvalue weighted by Crippen LogP contribution is 2.14. The topological polar surface area (TPSA) is 58.6 Å². The van der Waals surface area contributed by atoms with Crippen LogP contribution in [0.2, 0.25) is 0 Å². The van der Waals surface area contributed by atoms with Gasteiger partial charge in [-0.25, -0.2) is 4.39 Å². The van der Waals surface area contributed by atoms with Gasteiger partial charge < -0.3 is 15.2 Å². The highest BCUT2D eigenvalue weighted by atomic mass is 19.1. The van der Waals surface area contributed by atoms with Gasteiger partial charge in [-0.1, -0.05) is 0 Å². The summed E-state index contributed by atoms with van der Waals surface area (Å²) in [6, 6.07) is 3.46. The minimum absolute atomic E-state index is 0.0606. The van der Waals surface area contributed by atoms with Crippen molar-refractivity contribution in [3.8, 4) is 5.75 Å². The van der Waals surface area contributed by atoms with Gasteiger partial charge in [-0.3, -0.25) is 4.79 Å². The quantitative estimate of drug-likeness (QED) is 0.745. The van der Waals surface area contributed by atoms with Crippen molar-refractivity contribution >= 4 is 5.91 Å². The summed E-state index contributed by atoms with van der Waals surface area (Å²) in [6.45, 7) is 1.12. The molecule has 0 fully saturated rings. The molecule has 0 saturated carbocycles. The summed E-state index contributed by atoms with van der Waals surface area (Å²) in [5.74, 6) is -1.39. The number of hydrogen-bond donors (Lipinski definition) is 2. The number of carbonyl (C=O) groups is 1. The lowest BCUT2D eigenvalue weighted by atomic mass is 10.2. The first-order valence-corrected chi connectivity index (χ1v) is 5.41. The summed E-state index contributed by atoms with van der Waals surface area (Å²) in [5, 5.41) is 11.6. The molecule has 1 aromatic carbocycles. The first kappa shape index (κ1) is 13.4. The van der Waals surface area contributed by atoms with E-state index >= 15 is 0 Å². The van der Waals surface area contributed by atoms with E-state index in [0.29, 0.717) is 13.2 Å². The summed E-state index contributed by atoms with van der Waals surface area (Å²) in [5.41, 5.74) is -0.0606. The van der Waals surface area contributed by atoms with Crippen molar-refractivity contribution in [2.75, 3.05) is 20.3 Å². The molecule has 0 heterocycles. The van der Waals surface area contributed by atoms with Crippen molar-refractivity contribution in [2.45, 2.75) is 12.8 Å². The number of hydrogen-bond acceptors (Lipinski definition) is 3. The number of rotatable bonds is 6. The Morgan fingerprint density at radius 2 is 2.24 bits per heavy atom. The average molecular weight is 241 g/mol. The standard InChI is InChI=1S/C12H16FNO3/c1-17-7-3-2-6-14-12(16)10-5-4-9(15)8-11(10)13/h4-5,8,15H,2-3,6-7H2,1H3,(H,14,16). The number of ether oxygens (including phenoxy) is 1. The number of unbranched alkanes of at least 4 members (excludes halogenated alkanes) is 1. The maximum atomic E-state index is 13.3. The number of phenolic OH excluding ortho intramolecular Hbond substituents is 1. The first-order chi connectivity index (χ1) is 8.15. The molecule has 2 N–H and O–H groups in total. The molecule has 1 amide bonds. The number of phenols is 1. The molecule has 0 aromatic heterocycles. The van der Waals surface area contributed by atoms with E-state index in [9.17, 15) is 9.18 Å². The van der Waals surface area contributed by atoms with Crippen LogP contribution in [0, 0.1) is 5.82 Å². The van der Waals surface area contributed by atoms with Gasteiger partial charge in [0.2, 0.25) is 0 Å². The van der Waals surface area contributed by atoms with Crippen molar-refractivity contribution in [2.24, 2.45) is 0 Å². The lowest BCUT2D eigenvalue weighted by Gasteiger charge is -2.06. The van der Waals surface area contributed by atoms with Gasteiger partial charge in [-0.15, -0.1) is 0 Å². The van der Waals surface area contributed by atoms with Gasteiger partial charge in [-0.2, -0.15) is 0 Å². The van der Waals surface area contributed by atoms with E-state index in [1.807, 2.05) is 0 Å². The molecular weight excluding hydrogens is 225 g/mol. The fraction of sp³-hybridized carbons (Fsp3) is 0.417. The predicted molar refractivity (Wildman–Crippen MR) is 61.5 cm³/mol. The monoisotopic (exact) mass is 241 g/mol. The predicted octanol–water partition coefficient (Wildman–Crippen LogP) is 1.69. The summed E-state index contributed by atoms with van der Waals surface area (Å²) < 4.78 is 18.2. The number of aromatic hydroxyl groups is 1. The lowest BCUT2D eigenvalue weighted by molar-refractivity contribution is 0.0947. The molecule has 1 aromatic rings. The van der Waals surface area contributed by atoms with Gasteiger partial charge >= 0.3 is 0 Å². The van der Waals surface area contributed by atoms with Crippen LogP contribution in [0.4, 0.5) is 4.39 Å². The van der Waals surface area contributed by atoms with Gasteiger partial charge in [0.05, 0.1) is 5.56 Å². The fourth-order valence-corrected chi connectivity index (χ4v) is 1.36. The molecule has 0 atom stereocenters. The Hall–Kier alpha value is -1.62. The smallest absolute Gasteiger partial charge is 0.254 e. The van der Waals surface area contributed by atoms with Crippen LogP contribution in [0.5, 0.6) is 5.75 Å². The molecule has 0 bridgehead atoms. The summed E-state index contributed by atoms with van der Waals surface area (Å²) in [4.78, 5) is 11.5. The molecule has 0 spiro atoms. The number of benzene rings is 1.